The number of carboxylic acid groups (broad SMARTS) is 1. The van der Waals surface area contributed by atoms with Crippen LogP contribution in [0.25, 0.3) is 10.6 Å². The summed E-state index contributed by atoms with van der Waals surface area (Å²) in [5.74, 6) is -0.435. The van der Waals surface area contributed by atoms with Gasteiger partial charge >= 0.3 is 5.97 Å². The van der Waals surface area contributed by atoms with Gasteiger partial charge in [-0.2, -0.15) is 0 Å². The lowest BCUT2D eigenvalue weighted by Gasteiger charge is -2.12. The first-order valence-electron chi connectivity index (χ1n) is 7.17. The van der Waals surface area contributed by atoms with Crippen LogP contribution in [0, 0.1) is 6.92 Å². The second kappa shape index (κ2) is 6.46. The number of aryl methyl sites for hydroxylation is 1. The molecule has 2 aromatic rings. The van der Waals surface area contributed by atoms with Gasteiger partial charge in [0.25, 0.3) is 0 Å². The van der Waals surface area contributed by atoms with Gasteiger partial charge in [0, 0.05) is 23.2 Å². The molecule has 0 bridgehead atoms. The highest BCUT2D eigenvalue weighted by atomic mass is 32.1. The van der Waals surface area contributed by atoms with E-state index in [9.17, 15) is 9.90 Å². The predicted molar refractivity (Wildman–Crippen MR) is 83.7 cm³/mol. The highest BCUT2D eigenvalue weighted by Crippen LogP contribution is 2.29. The maximum Gasteiger partial charge on any atom is 0.335 e. The fourth-order valence-electron chi connectivity index (χ4n) is 2.38. The highest BCUT2D eigenvalue weighted by molar-refractivity contribution is 7.14. The number of hydrogen-bond acceptors (Lipinski definition) is 5. The summed E-state index contributed by atoms with van der Waals surface area (Å²) >= 11 is 1.53. The van der Waals surface area contributed by atoms with Crippen molar-refractivity contribution >= 4 is 17.3 Å². The van der Waals surface area contributed by atoms with Gasteiger partial charge in [0.2, 0.25) is 0 Å². The van der Waals surface area contributed by atoms with E-state index in [1.807, 2.05) is 13.0 Å². The highest BCUT2D eigenvalue weighted by Gasteiger charge is 2.17. The number of carboxylic acids is 1. The van der Waals surface area contributed by atoms with Gasteiger partial charge < -0.3 is 14.6 Å². The molecule has 2 heterocycles. The minimum absolute atomic E-state index is 0.0963. The van der Waals surface area contributed by atoms with Gasteiger partial charge in [-0.1, -0.05) is 0 Å². The monoisotopic (exact) mass is 319 g/mol. The molecule has 0 radical (unpaired) electrons. The van der Waals surface area contributed by atoms with E-state index >= 15 is 0 Å². The fourth-order valence-corrected chi connectivity index (χ4v) is 3.13. The molecule has 6 heteroatoms. The largest absolute Gasteiger partial charge is 0.491 e. The number of ether oxygens (including phenoxy) is 2. The Labute approximate surface area is 132 Å². The average molecular weight is 319 g/mol. The number of benzene rings is 1. The first kappa shape index (κ1) is 15.0. The molecule has 0 amide bonds. The Morgan fingerprint density at radius 1 is 1.50 bits per heavy atom. The molecule has 0 aliphatic carbocycles. The smallest absolute Gasteiger partial charge is 0.335 e. The molecule has 1 aromatic heterocycles. The first-order chi connectivity index (χ1) is 10.6. The number of aromatic nitrogens is 1. The lowest BCUT2D eigenvalue weighted by Crippen LogP contribution is -2.16. The lowest BCUT2D eigenvalue weighted by atomic mass is 10.1. The standard InChI is InChI=1S/C16H17NO4S/c1-10-8-17-15(22-10)11-5-12(16(18)19)7-14(6-11)21-9-13-3-2-4-20-13/h5-8,13H,2-4,9H2,1H3,(H,18,19)/t13-/m1/s1. The zero-order valence-electron chi connectivity index (χ0n) is 12.2. The number of nitrogens with zero attached hydrogens (tertiary/aromatic N) is 1. The van der Waals surface area contributed by atoms with Crippen molar-refractivity contribution in [2.75, 3.05) is 13.2 Å². The molecule has 3 rings (SSSR count). The van der Waals surface area contributed by atoms with Crippen LogP contribution in [0.4, 0.5) is 0 Å². The average Bonchev–Trinajstić information content (AvgIpc) is 3.16. The molecule has 0 unspecified atom stereocenters. The molecule has 1 aliphatic rings. The van der Waals surface area contributed by atoms with E-state index in [4.69, 9.17) is 9.47 Å². The van der Waals surface area contributed by atoms with Crippen LogP contribution in [0.5, 0.6) is 5.75 Å². The minimum Gasteiger partial charge on any atom is -0.491 e. The van der Waals surface area contributed by atoms with Crippen molar-refractivity contribution in [2.24, 2.45) is 0 Å². The van der Waals surface area contributed by atoms with E-state index < -0.39 is 5.97 Å². The Kier molecular flexibility index (Phi) is 4.40. The molecule has 0 spiro atoms. The molecular formula is C16H17NO4S. The summed E-state index contributed by atoms with van der Waals surface area (Å²) in [6.45, 7) is 3.18. The van der Waals surface area contributed by atoms with Gasteiger partial charge in [-0.05, 0) is 38.0 Å². The summed E-state index contributed by atoms with van der Waals surface area (Å²) < 4.78 is 11.3. The van der Waals surface area contributed by atoms with Crippen LogP contribution in [0.2, 0.25) is 0 Å². The Balaban J connectivity index is 1.84. The second-order valence-electron chi connectivity index (χ2n) is 5.27. The van der Waals surface area contributed by atoms with E-state index in [0.717, 1.165) is 34.9 Å². The van der Waals surface area contributed by atoms with Gasteiger partial charge in [-0.3, -0.25) is 0 Å². The molecule has 1 N–H and O–H groups in total. The molecule has 1 atom stereocenters. The number of thiazole rings is 1. The van der Waals surface area contributed by atoms with Crippen molar-refractivity contribution in [1.82, 2.24) is 4.98 Å². The van der Waals surface area contributed by atoms with Crippen molar-refractivity contribution < 1.29 is 19.4 Å². The third-order valence-corrected chi connectivity index (χ3v) is 4.44. The molecular weight excluding hydrogens is 302 g/mol. The lowest BCUT2D eigenvalue weighted by molar-refractivity contribution is 0.0672. The van der Waals surface area contributed by atoms with Crippen molar-refractivity contribution in [2.45, 2.75) is 25.9 Å². The quantitative estimate of drug-likeness (QED) is 0.915. The van der Waals surface area contributed by atoms with Crippen LogP contribution in [0.15, 0.2) is 24.4 Å². The number of rotatable bonds is 5. The van der Waals surface area contributed by atoms with E-state index in [1.54, 1.807) is 18.3 Å². The molecule has 116 valence electrons. The van der Waals surface area contributed by atoms with Crippen LogP contribution < -0.4 is 4.74 Å². The van der Waals surface area contributed by atoms with Gasteiger partial charge in [0.05, 0.1) is 11.7 Å². The van der Waals surface area contributed by atoms with Crippen molar-refractivity contribution in [3.05, 3.63) is 34.8 Å². The zero-order valence-corrected chi connectivity index (χ0v) is 13.1. The van der Waals surface area contributed by atoms with Crippen LogP contribution >= 0.6 is 11.3 Å². The third-order valence-electron chi connectivity index (χ3n) is 3.48. The second-order valence-corrected chi connectivity index (χ2v) is 6.51. The molecule has 1 saturated heterocycles. The Morgan fingerprint density at radius 3 is 3.00 bits per heavy atom. The topological polar surface area (TPSA) is 68.7 Å². The Morgan fingerprint density at radius 2 is 2.36 bits per heavy atom. The number of carbonyl (C=O) groups is 1. The summed E-state index contributed by atoms with van der Waals surface area (Å²) in [5, 5.41) is 10.1. The molecule has 1 aliphatic heterocycles. The number of aromatic carboxylic acids is 1. The Hall–Kier alpha value is -1.92. The molecule has 5 nitrogen and oxygen atoms in total. The maximum absolute atomic E-state index is 11.3. The van der Waals surface area contributed by atoms with E-state index in [2.05, 4.69) is 4.98 Å². The van der Waals surface area contributed by atoms with Crippen LogP contribution in [-0.2, 0) is 4.74 Å². The van der Waals surface area contributed by atoms with Crippen LogP contribution in [-0.4, -0.2) is 35.4 Å². The third kappa shape index (κ3) is 3.45. The number of hydrogen-bond donors (Lipinski definition) is 1. The summed E-state index contributed by atoms with van der Waals surface area (Å²) in [4.78, 5) is 16.7. The van der Waals surface area contributed by atoms with E-state index in [-0.39, 0.29) is 11.7 Å². The predicted octanol–water partition coefficient (Wildman–Crippen LogP) is 3.37. The van der Waals surface area contributed by atoms with Gasteiger partial charge in [-0.25, -0.2) is 9.78 Å². The van der Waals surface area contributed by atoms with Gasteiger partial charge in [0.15, 0.2) is 0 Å². The van der Waals surface area contributed by atoms with Crippen molar-refractivity contribution in [1.29, 1.82) is 0 Å². The molecule has 1 aromatic carbocycles. The summed E-state index contributed by atoms with van der Waals surface area (Å²) in [6.07, 6.45) is 3.91. The van der Waals surface area contributed by atoms with E-state index in [1.165, 1.54) is 11.3 Å². The molecule has 0 saturated carbocycles. The first-order valence-corrected chi connectivity index (χ1v) is 7.99. The van der Waals surface area contributed by atoms with Crippen molar-refractivity contribution in [3.63, 3.8) is 0 Å². The Bertz CT molecular complexity index is 677. The van der Waals surface area contributed by atoms with E-state index in [0.29, 0.717) is 12.4 Å². The van der Waals surface area contributed by atoms with Gasteiger partial charge in [-0.15, -0.1) is 11.3 Å². The minimum atomic E-state index is -0.975. The normalized spacial score (nSPS) is 17.6. The summed E-state index contributed by atoms with van der Waals surface area (Å²) in [6, 6.07) is 5.00. The summed E-state index contributed by atoms with van der Waals surface area (Å²) in [5.41, 5.74) is 0.966. The van der Waals surface area contributed by atoms with Crippen molar-refractivity contribution in [3.8, 4) is 16.3 Å². The van der Waals surface area contributed by atoms with Crippen LogP contribution in [0.3, 0.4) is 0 Å². The summed E-state index contributed by atoms with van der Waals surface area (Å²) in [7, 11) is 0. The zero-order chi connectivity index (χ0) is 15.5. The SMILES string of the molecule is Cc1cnc(-c2cc(OC[C@H]3CCCO3)cc(C(=O)O)c2)s1. The maximum atomic E-state index is 11.3. The fraction of sp³-hybridized carbons (Fsp3) is 0.375. The van der Waals surface area contributed by atoms with Gasteiger partial charge in [0.1, 0.15) is 17.4 Å². The molecule has 22 heavy (non-hydrogen) atoms. The molecule has 1 fully saturated rings. The van der Waals surface area contributed by atoms with Crippen LogP contribution in [0.1, 0.15) is 28.1 Å².